The highest BCUT2D eigenvalue weighted by Crippen LogP contribution is 2.24. The molecule has 2 saturated heterocycles. The lowest BCUT2D eigenvalue weighted by Crippen LogP contribution is -2.46. The molecule has 2 aliphatic rings. The van der Waals surface area contributed by atoms with Crippen LogP contribution in [-0.4, -0.2) is 70.1 Å². The van der Waals surface area contributed by atoms with Gasteiger partial charge >= 0.3 is 6.03 Å². The molecule has 0 aliphatic carbocycles. The first-order valence-electron chi connectivity index (χ1n) is 8.31. The number of hydrogen-bond donors (Lipinski definition) is 0. The predicted molar refractivity (Wildman–Crippen MR) is 90.6 cm³/mol. The van der Waals surface area contributed by atoms with E-state index in [0.717, 1.165) is 43.9 Å². The summed E-state index contributed by atoms with van der Waals surface area (Å²) in [4.78, 5) is 23.8. The summed E-state index contributed by atoms with van der Waals surface area (Å²) in [5, 5.41) is 6.07. The fourth-order valence-corrected chi connectivity index (χ4v) is 4.06. The van der Waals surface area contributed by atoms with Crippen molar-refractivity contribution in [2.75, 3.05) is 33.2 Å². The van der Waals surface area contributed by atoms with Crippen LogP contribution >= 0.6 is 11.3 Å². The molecule has 0 spiro atoms. The number of rotatable bonds is 4. The number of urea groups is 1. The van der Waals surface area contributed by atoms with Gasteiger partial charge in [-0.15, -0.1) is 11.3 Å². The van der Waals surface area contributed by atoms with E-state index in [9.17, 15) is 4.79 Å². The first-order valence-corrected chi connectivity index (χ1v) is 9.19. The Labute approximate surface area is 144 Å². The van der Waals surface area contributed by atoms with Crippen LogP contribution in [0.2, 0.25) is 0 Å². The van der Waals surface area contributed by atoms with Gasteiger partial charge in [0.15, 0.2) is 0 Å². The quantitative estimate of drug-likeness (QED) is 0.848. The van der Waals surface area contributed by atoms with Crippen molar-refractivity contribution in [1.29, 1.82) is 0 Å². The topological polar surface area (TPSA) is 65.7 Å². The predicted octanol–water partition coefficient (Wildman–Crippen LogP) is 2.13. The summed E-state index contributed by atoms with van der Waals surface area (Å²) in [5.74, 6) is 1.33. The third kappa shape index (κ3) is 3.03. The minimum absolute atomic E-state index is 0.172. The molecule has 0 radical (unpaired) electrons. The molecule has 4 heterocycles. The number of likely N-dealkylation sites (N-methyl/N-ethyl adjacent to an activating group) is 1. The van der Waals surface area contributed by atoms with E-state index in [1.54, 1.807) is 16.2 Å². The molecule has 4 rings (SSSR count). The molecule has 128 valence electrons. The number of piperidine rings is 1. The largest absolute Gasteiger partial charge is 0.338 e. The van der Waals surface area contributed by atoms with E-state index in [1.165, 1.54) is 0 Å². The van der Waals surface area contributed by atoms with Gasteiger partial charge in [0.05, 0.1) is 11.4 Å². The van der Waals surface area contributed by atoms with Gasteiger partial charge in [0.2, 0.25) is 11.7 Å². The highest BCUT2D eigenvalue weighted by atomic mass is 32.1. The third-order valence-corrected chi connectivity index (χ3v) is 5.68. The van der Waals surface area contributed by atoms with Crippen molar-refractivity contribution in [3.8, 4) is 10.7 Å². The van der Waals surface area contributed by atoms with Crippen molar-refractivity contribution < 1.29 is 9.32 Å². The van der Waals surface area contributed by atoms with Crippen LogP contribution < -0.4 is 0 Å². The first kappa shape index (κ1) is 15.6. The number of hydrogen-bond acceptors (Lipinski definition) is 6. The lowest BCUT2D eigenvalue weighted by atomic mass is 10.0. The van der Waals surface area contributed by atoms with Gasteiger partial charge < -0.3 is 14.3 Å². The van der Waals surface area contributed by atoms with Crippen LogP contribution in [0.3, 0.4) is 0 Å². The van der Waals surface area contributed by atoms with E-state index >= 15 is 0 Å². The number of carbonyl (C=O) groups excluding carboxylic acids is 1. The molecule has 0 bridgehead atoms. The van der Waals surface area contributed by atoms with Gasteiger partial charge in [-0.2, -0.15) is 4.98 Å². The Hall–Kier alpha value is -1.93. The zero-order valence-electron chi connectivity index (χ0n) is 13.7. The molecule has 0 saturated carbocycles. The van der Waals surface area contributed by atoms with Crippen LogP contribution in [0.4, 0.5) is 4.79 Å². The summed E-state index contributed by atoms with van der Waals surface area (Å²) in [5.41, 5.74) is 0. The summed E-state index contributed by atoms with van der Waals surface area (Å²) in [6, 6.07) is 4.52. The van der Waals surface area contributed by atoms with Crippen molar-refractivity contribution in [2.45, 2.75) is 25.4 Å². The molecule has 2 aromatic heterocycles. The monoisotopic (exact) mass is 347 g/mol. The Morgan fingerprint density at radius 1 is 1.29 bits per heavy atom. The van der Waals surface area contributed by atoms with Crippen molar-refractivity contribution in [3.63, 3.8) is 0 Å². The number of carbonyl (C=O) groups is 1. The summed E-state index contributed by atoms with van der Waals surface area (Å²) in [6.45, 7) is 4.28. The molecule has 24 heavy (non-hydrogen) atoms. The normalized spacial score (nSPS) is 20.3. The molecule has 2 aliphatic heterocycles. The Kier molecular flexibility index (Phi) is 4.24. The molecule has 0 atom stereocenters. The Bertz CT molecular complexity index is 693. The second-order valence-corrected chi connectivity index (χ2v) is 7.34. The highest BCUT2D eigenvalue weighted by Gasteiger charge is 2.33. The smallest absolute Gasteiger partial charge is 0.320 e. The van der Waals surface area contributed by atoms with Gasteiger partial charge in [-0.25, -0.2) is 4.79 Å². The molecule has 7 nitrogen and oxygen atoms in total. The number of thiophene rings is 1. The molecule has 0 aromatic carbocycles. The van der Waals surface area contributed by atoms with Crippen molar-refractivity contribution in [1.82, 2.24) is 24.8 Å². The van der Waals surface area contributed by atoms with Crippen LogP contribution in [0.5, 0.6) is 0 Å². The van der Waals surface area contributed by atoms with E-state index in [1.807, 2.05) is 29.5 Å². The Morgan fingerprint density at radius 3 is 2.79 bits per heavy atom. The van der Waals surface area contributed by atoms with Gasteiger partial charge in [-0.05, 0) is 24.3 Å². The highest BCUT2D eigenvalue weighted by molar-refractivity contribution is 7.13. The number of likely N-dealkylation sites (tertiary alicyclic amines) is 1. The second kappa shape index (κ2) is 6.52. The lowest BCUT2D eigenvalue weighted by Gasteiger charge is -2.35. The van der Waals surface area contributed by atoms with Crippen LogP contribution in [-0.2, 0) is 6.54 Å². The zero-order valence-corrected chi connectivity index (χ0v) is 14.5. The SMILES string of the molecule is CN1CCN(C2CCN(Cc3nc(-c4cccs4)no3)CC2)C1=O. The van der Waals surface area contributed by atoms with Gasteiger partial charge in [0.1, 0.15) is 0 Å². The molecular formula is C16H21N5O2S. The first-order chi connectivity index (χ1) is 11.7. The average Bonchev–Trinajstić information content (AvgIpc) is 3.32. The van der Waals surface area contributed by atoms with Gasteiger partial charge in [-0.3, -0.25) is 4.90 Å². The number of nitrogens with zero attached hydrogens (tertiary/aromatic N) is 5. The van der Waals surface area contributed by atoms with Crippen LogP contribution in [0.25, 0.3) is 10.7 Å². The molecule has 8 heteroatoms. The van der Waals surface area contributed by atoms with Crippen LogP contribution in [0.15, 0.2) is 22.0 Å². The maximum Gasteiger partial charge on any atom is 0.320 e. The molecule has 2 fully saturated rings. The minimum atomic E-state index is 0.172. The van der Waals surface area contributed by atoms with E-state index in [0.29, 0.717) is 24.3 Å². The van der Waals surface area contributed by atoms with E-state index in [4.69, 9.17) is 4.52 Å². The Balaban J connectivity index is 1.31. The molecule has 0 unspecified atom stereocenters. The fourth-order valence-electron chi connectivity index (χ4n) is 3.41. The van der Waals surface area contributed by atoms with Gasteiger partial charge in [0, 0.05) is 39.3 Å². The molecule has 0 N–H and O–H groups in total. The summed E-state index contributed by atoms with van der Waals surface area (Å²) in [6.07, 6.45) is 2.01. The van der Waals surface area contributed by atoms with Crippen LogP contribution in [0.1, 0.15) is 18.7 Å². The van der Waals surface area contributed by atoms with Crippen LogP contribution in [0, 0.1) is 0 Å². The van der Waals surface area contributed by atoms with E-state index in [2.05, 4.69) is 15.0 Å². The third-order valence-electron chi connectivity index (χ3n) is 4.81. The standard InChI is InChI=1S/C16H21N5O2S/c1-19-8-9-21(16(19)22)12-4-6-20(7-5-12)11-14-17-15(18-23-14)13-3-2-10-24-13/h2-3,10,12H,4-9,11H2,1H3. The van der Waals surface area contributed by atoms with Crippen molar-refractivity contribution >= 4 is 17.4 Å². The number of aromatic nitrogens is 2. The molecule has 2 amide bonds. The van der Waals surface area contributed by atoms with E-state index < -0.39 is 0 Å². The van der Waals surface area contributed by atoms with Crippen molar-refractivity contribution in [2.24, 2.45) is 0 Å². The number of amides is 2. The zero-order chi connectivity index (χ0) is 16.5. The maximum atomic E-state index is 12.1. The van der Waals surface area contributed by atoms with Gasteiger partial charge in [0.25, 0.3) is 0 Å². The molecular weight excluding hydrogens is 326 g/mol. The second-order valence-electron chi connectivity index (χ2n) is 6.39. The fraction of sp³-hybridized carbons (Fsp3) is 0.562. The van der Waals surface area contributed by atoms with Gasteiger partial charge in [-0.1, -0.05) is 11.2 Å². The summed E-state index contributed by atoms with van der Waals surface area (Å²) in [7, 11) is 1.87. The minimum Gasteiger partial charge on any atom is -0.338 e. The maximum absolute atomic E-state index is 12.1. The summed E-state index contributed by atoms with van der Waals surface area (Å²) < 4.78 is 5.38. The van der Waals surface area contributed by atoms with E-state index in [-0.39, 0.29) is 6.03 Å². The Morgan fingerprint density at radius 2 is 2.12 bits per heavy atom. The molecule has 2 aromatic rings. The average molecular weight is 347 g/mol. The lowest BCUT2D eigenvalue weighted by molar-refractivity contribution is 0.120. The summed E-state index contributed by atoms with van der Waals surface area (Å²) >= 11 is 1.61. The van der Waals surface area contributed by atoms with Crippen molar-refractivity contribution in [3.05, 3.63) is 23.4 Å².